The summed E-state index contributed by atoms with van der Waals surface area (Å²) in [5.41, 5.74) is 5.28. The topological polar surface area (TPSA) is 64.6 Å². The lowest BCUT2D eigenvalue weighted by Gasteiger charge is -2.22. The van der Waals surface area contributed by atoms with Crippen molar-refractivity contribution in [3.8, 4) is 16.9 Å². The van der Waals surface area contributed by atoms with Crippen molar-refractivity contribution >= 4 is 23.2 Å². The lowest BCUT2D eigenvalue weighted by molar-refractivity contribution is -0.140. The van der Waals surface area contributed by atoms with Crippen LogP contribution in [-0.2, 0) is 14.9 Å². The number of rotatable bonds is 10. The van der Waals surface area contributed by atoms with E-state index in [2.05, 4.69) is 55.1 Å². The average molecular weight is 576 g/mol. The van der Waals surface area contributed by atoms with Crippen LogP contribution in [0, 0.1) is 13.8 Å². The highest BCUT2D eigenvalue weighted by Gasteiger charge is 2.30. The van der Waals surface area contributed by atoms with Gasteiger partial charge >= 0.3 is 12.1 Å². The van der Waals surface area contributed by atoms with Crippen molar-refractivity contribution < 1.29 is 32.2 Å². The number of hydrogen-bond donors (Lipinski definition) is 1. The van der Waals surface area contributed by atoms with Gasteiger partial charge in [0.1, 0.15) is 11.9 Å². The molecule has 0 aliphatic rings. The number of benzene rings is 2. The fourth-order valence-corrected chi connectivity index (χ4v) is 5.41. The number of carbonyl (C=O) groups excluding carboxylic acids is 2. The van der Waals surface area contributed by atoms with E-state index in [1.165, 1.54) is 12.7 Å². The van der Waals surface area contributed by atoms with Crippen LogP contribution >= 0.6 is 11.3 Å². The first-order valence-corrected chi connectivity index (χ1v) is 13.9. The van der Waals surface area contributed by atoms with Gasteiger partial charge in [-0.3, -0.25) is 9.59 Å². The second kappa shape index (κ2) is 12.9. The van der Waals surface area contributed by atoms with Gasteiger partial charge in [0.25, 0.3) is 5.91 Å². The Morgan fingerprint density at radius 2 is 1.60 bits per heavy atom. The van der Waals surface area contributed by atoms with Crippen LogP contribution in [0.15, 0.2) is 48.5 Å². The highest BCUT2D eigenvalue weighted by Crippen LogP contribution is 2.37. The molecule has 0 saturated heterocycles. The van der Waals surface area contributed by atoms with Gasteiger partial charge in [-0.2, -0.15) is 13.2 Å². The Kier molecular flexibility index (Phi) is 10.1. The van der Waals surface area contributed by atoms with Crippen molar-refractivity contribution in [2.75, 3.05) is 13.7 Å². The Morgan fingerprint density at radius 1 is 0.975 bits per heavy atom. The lowest BCUT2D eigenvalue weighted by Crippen LogP contribution is -2.25. The second-order valence-corrected chi connectivity index (χ2v) is 11.9. The van der Waals surface area contributed by atoms with E-state index in [1.54, 1.807) is 12.1 Å². The fraction of sp³-hybridized carbons (Fsp3) is 0.419. The number of esters is 1. The van der Waals surface area contributed by atoms with Crippen LogP contribution in [0.4, 0.5) is 13.2 Å². The molecule has 0 spiro atoms. The molecule has 1 heterocycles. The molecule has 9 heteroatoms. The molecule has 1 aromatic heterocycles. The van der Waals surface area contributed by atoms with Gasteiger partial charge in [-0.1, -0.05) is 45.0 Å². The molecule has 5 nitrogen and oxygen atoms in total. The maximum absolute atomic E-state index is 13.2. The molecule has 1 unspecified atom stereocenters. The minimum absolute atomic E-state index is 0.0211. The molecule has 0 saturated carbocycles. The normalized spacial score (nSPS) is 12.6. The molecule has 3 rings (SSSR count). The molecule has 2 aromatic carbocycles. The van der Waals surface area contributed by atoms with E-state index < -0.39 is 30.6 Å². The lowest BCUT2D eigenvalue weighted by atomic mass is 9.85. The summed E-state index contributed by atoms with van der Waals surface area (Å²) in [6.45, 7) is 10.5. The third kappa shape index (κ3) is 8.58. The Labute approximate surface area is 237 Å². The molecule has 40 heavy (non-hydrogen) atoms. The summed E-state index contributed by atoms with van der Waals surface area (Å²) in [7, 11) is 1.26. The molecule has 3 aromatic rings. The molecule has 0 bridgehead atoms. The molecule has 216 valence electrons. The summed E-state index contributed by atoms with van der Waals surface area (Å²) in [6.07, 6.45) is -6.53. The van der Waals surface area contributed by atoms with E-state index in [9.17, 15) is 22.8 Å². The molecule has 0 fully saturated rings. The van der Waals surface area contributed by atoms with Crippen LogP contribution in [0.1, 0.15) is 77.4 Å². The van der Waals surface area contributed by atoms with Gasteiger partial charge in [-0.15, -0.1) is 11.3 Å². The van der Waals surface area contributed by atoms with Crippen LogP contribution in [0.3, 0.4) is 0 Å². The van der Waals surface area contributed by atoms with Crippen LogP contribution in [0.5, 0.6) is 5.75 Å². The smallest absolute Gasteiger partial charge is 0.389 e. The minimum atomic E-state index is -4.35. The number of methoxy groups -OCH3 is 1. The van der Waals surface area contributed by atoms with Gasteiger partial charge < -0.3 is 14.8 Å². The van der Waals surface area contributed by atoms with Crippen molar-refractivity contribution in [2.45, 2.75) is 71.6 Å². The van der Waals surface area contributed by atoms with Gasteiger partial charge in [-0.05, 0) is 77.8 Å². The fourth-order valence-electron chi connectivity index (χ4n) is 4.42. The monoisotopic (exact) mass is 575 g/mol. The van der Waals surface area contributed by atoms with E-state index in [0.29, 0.717) is 15.5 Å². The Balaban J connectivity index is 1.82. The number of thiophene rings is 1. The van der Waals surface area contributed by atoms with Crippen LogP contribution < -0.4 is 10.1 Å². The van der Waals surface area contributed by atoms with E-state index in [0.717, 1.165) is 33.6 Å². The molecule has 1 N–H and O–H groups in total. The molecule has 0 aliphatic heterocycles. The first-order valence-electron chi connectivity index (χ1n) is 13.1. The predicted molar refractivity (Wildman–Crippen MR) is 152 cm³/mol. The van der Waals surface area contributed by atoms with Crippen molar-refractivity contribution in [3.63, 3.8) is 0 Å². The number of halogens is 3. The standard InChI is InChI=1S/C31H36F3NO4S/c1-19-17-23(18-20(2)28(19)21-7-9-22(10-8-21)30(3,4)5)39-24(13-15-31(32,33)34)25-11-12-26(40-25)29(37)35-16-14-27(36)38-6/h7-12,17-18,24H,13-16H2,1-6H3,(H,35,37). The van der Waals surface area contributed by atoms with Gasteiger partial charge in [0, 0.05) is 17.8 Å². The Hall–Kier alpha value is -3.33. The molecule has 1 amide bonds. The second-order valence-electron chi connectivity index (χ2n) is 10.8. The van der Waals surface area contributed by atoms with E-state index >= 15 is 0 Å². The maximum atomic E-state index is 13.2. The zero-order valence-corrected chi connectivity index (χ0v) is 24.5. The highest BCUT2D eigenvalue weighted by molar-refractivity contribution is 7.14. The summed E-state index contributed by atoms with van der Waals surface area (Å²) in [5, 5.41) is 2.62. The number of aryl methyl sites for hydroxylation is 2. The van der Waals surface area contributed by atoms with Crippen molar-refractivity contribution in [3.05, 3.63) is 75.0 Å². The number of alkyl halides is 3. The van der Waals surface area contributed by atoms with Gasteiger partial charge in [0.15, 0.2) is 0 Å². The van der Waals surface area contributed by atoms with Crippen molar-refractivity contribution in [1.29, 1.82) is 0 Å². The number of hydrogen-bond acceptors (Lipinski definition) is 5. The Bertz CT molecular complexity index is 1300. The van der Waals surface area contributed by atoms with Gasteiger partial charge in [0.05, 0.1) is 18.4 Å². The summed E-state index contributed by atoms with van der Waals surface area (Å²) < 4.78 is 50.2. The first kappa shape index (κ1) is 31.2. The van der Waals surface area contributed by atoms with Crippen LogP contribution in [-0.4, -0.2) is 31.7 Å². The third-order valence-electron chi connectivity index (χ3n) is 6.52. The van der Waals surface area contributed by atoms with E-state index in [4.69, 9.17) is 4.74 Å². The maximum Gasteiger partial charge on any atom is 0.389 e. The van der Waals surface area contributed by atoms with E-state index in [1.807, 2.05) is 26.0 Å². The van der Waals surface area contributed by atoms with Crippen molar-refractivity contribution in [2.24, 2.45) is 0 Å². The number of nitrogens with one attached hydrogen (secondary N) is 1. The molecule has 0 aliphatic carbocycles. The summed E-state index contributed by atoms with van der Waals surface area (Å²) in [4.78, 5) is 24.6. The summed E-state index contributed by atoms with van der Waals surface area (Å²) in [5.74, 6) is -0.399. The van der Waals surface area contributed by atoms with Gasteiger partial charge in [0.2, 0.25) is 0 Å². The number of carbonyl (C=O) groups is 2. The quantitative estimate of drug-likeness (QED) is 0.248. The third-order valence-corrected chi connectivity index (χ3v) is 7.70. The number of ether oxygens (including phenoxy) is 2. The largest absolute Gasteiger partial charge is 0.485 e. The zero-order valence-electron chi connectivity index (χ0n) is 23.7. The summed E-state index contributed by atoms with van der Waals surface area (Å²) in [6, 6.07) is 15.3. The van der Waals surface area contributed by atoms with Gasteiger partial charge in [-0.25, -0.2) is 0 Å². The van der Waals surface area contributed by atoms with Crippen molar-refractivity contribution in [1.82, 2.24) is 5.32 Å². The minimum Gasteiger partial charge on any atom is -0.485 e. The molecule has 0 radical (unpaired) electrons. The predicted octanol–water partition coefficient (Wildman–Crippen LogP) is 8.08. The molecular weight excluding hydrogens is 539 g/mol. The average Bonchev–Trinajstić information content (AvgIpc) is 3.35. The molecular formula is C31H36F3NO4S. The van der Waals surface area contributed by atoms with E-state index in [-0.39, 0.29) is 24.8 Å². The highest BCUT2D eigenvalue weighted by atomic mass is 32.1. The SMILES string of the molecule is COC(=O)CCNC(=O)c1ccc(C(CCC(F)(F)F)Oc2cc(C)c(-c3ccc(C(C)(C)C)cc3)c(C)c2)s1. The molecule has 1 atom stereocenters. The summed E-state index contributed by atoms with van der Waals surface area (Å²) >= 11 is 1.07. The van der Waals surface area contributed by atoms with Crippen LogP contribution in [0.25, 0.3) is 11.1 Å². The first-order chi connectivity index (χ1) is 18.7. The number of amides is 1. The van der Waals surface area contributed by atoms with Crippen LogP contribution in [0.2, 0.25) is 0 Å². The Morgan fingerprint density at radius 3 is 2.15 bits per heavy atom. The zero-order chi connectivity index (χ0) is 29.7.